The Balaban J connectivity index is 1.88. The Morgan fingerprint density at radius 2 is 1.75 bits per heavy atom. The smallest absolute Gasteiger partial charge is 0.230 e. The first kappa shape index (κ1) is 10.3. The molecule has 0 radical (unpaired) electrons. The first-order valence-electron chi connectivity index (χ1n) is 6.44. The van der Waals surface area contributed by atoms with Crippen molar-refractivity contribution in [1.29, 1.82) is 0 Å². The third-order valence-electron chi connectivity index (χ3n) is 5.32. The molecule has 2 amide bonds. The molecule has 2 aliphatic carbocycles. The second-order valence-corrected chi connectivity index (χ2v) is 5.94. The van der Waals surface area contributed by atoms with Gasteiger partial charge < -0.3 is 0 Å². The van der Waals surface area contributed by atoms with Gasteiger partial charge in [-0.25, -0.2) is 0 Å². The van der Waals surface area contributed by atoms with Crippen molar-refractivity contribution in [3.05, 3.63) is 0 Å². The van der Waals surface area contributed by atoms with E-state index in [0.29, 0.717) is 17.8 Å². The number of amides is 2. The highest BCUT2D eigenvalue weighted by atomic mass is 16.2. The van der Waals surface area contributed by atoms with E-state index < -0.39 is 0 Å². The SMILES string of the molecule is CC1C(=O)NC(=O)C1C1C2CCC(C2)C1C. The monoisotopic (exact) mass is 221 g/mol. The Hall–Kier alpha value is -0.860. The molecule has 6 unspecified atom stereocenters. The number of imide groups is 1. The highest BCUT2D eigenvalue weighted by Crippen LogP contribution is 2.56. The maximum Gasteiger partial charge on any atom is 0.230 e. The standard InChI is InChI=1S/C13H19NO2/c1-6-8-3-4-9(5-8)10(6)11-7(2)12(15)14-13(11)16/h6-11H,3-5H2,1-2H3,(H,14,15,16). The lowest BCUT2D eigenvalue weighted by molar-refractivity contribution is -0.127. The molecule has 0 aromatic rings. The highest BCUT2D eigenvalue weighted by molar-refractivity contribution is 6.05. The molecule has 16 heavy (non-hydrogen) atoms. The zero-order valence-corrected chi connectivity index (χ0v) is 9.90. The van der Waals surface area contributed by atoms with Gasteiger partial charge in [-0.1, -0.05) is 13.8 Å². The third-order valence-corrected chi connectivity index (χ3v) is 5.32. The predicted molar refractivity (Wildman–Crippen MR) is 59.3 cm³/mol. The topological polar surface area (TPSA) is 46.2 Å². The van der Waals surface area contributed by atoms with E-state index in [1.54, 1.807) is 0 Å². The fourth-order valence-electron chi connectivity index (χ4n) is 4.46. The molecule has 1 N–H and O–H groups in total. The van der Waals surface area contributed by atoms with E-state index in [1.807, 2.05) is 6.92 Å². The summed E-state index contributed by atoms with van der Waals surface area (Å²) < 4.78 is 0. The lowest BCUT2D eigenvalue weighted by atomic mass is 9.70. The zero-order valence-electron chi connectivity index (χ0n) is 9.90. The van der Waals surface area contributed by atoms with Crippen LogP contribution in [-0.4, -0.2) is 11.8 Å². The normalized spacial score (nSPS) is 51.1. The zero-order chi connectivity index (χ0) is 11.4. The Morgan fingerprint density at radius 1 is 1.06 bits per heavy atom. The molecular formula is C13H19NO2. The Morgan fingerprint density at radius 3 is 2.25 bits per heavy atom. The summed E-state index contributed by atoms with van der Waals surface area (Å²) in [5, 5.41) is 2.50. The number of fused-ring (bicyclic) bond motifs is 2. The van der Waals surface area contributed by atoms with Crippen molar-refractivity contribution < 1.29 is 9.59 Å². The summed E-state index contributed by atoms with van der Waals surface area (Å²) in [6.07, 6.45) is 3.89. The van der Waals surface area contributed by atoms with Crippen molar-refractivity contribution in [2.75, 3.05) is 0 Å². The molecule has 1 aliphatic heterocycles. The molecule has 3 heteroatoms. The van der Waals surface area contributed by atoms with Crippen LogP contribution in [0.4, 0.5) is 0 Å². The van der Waals surface area contributed by atoms with E-state index in [2.05, 4.69) is 12.2 Å². The Labute approximate surface area is 96.0 Å². The van der Waals surface area contributed by atoms with Gasteiger partial charge in [-0.05, 0) is 42.9 Å². The van der Waals surface area contributed by atoms with Crippen molar-refractivity contribution in [3.63, 3.8) is 0 Å². The quantitative estimate of drug-likeness (QED) is 0.683. The number of carbonyl (C=O) groups excluding carboxylic acids is 2. The number of carbonyl (C=O) groups is 2. The Bertz CT molecular complexity index is 350. The first-order valence-corrected chi connectivity index (χ1v) is 6.44. The van der Waals surface area contributed by atoms with Crippen LogP contribution >= 0.6 is 0 Å². The van der Waals surface area contributed by atoms with Gasteiger partial charge in [-0.2, -0.15) is 0 Å². The van der Waals surface area contributed by atoms with Gasteiger partial charge in [-0.3, -0.25) is 14.9 Å². The van der Waals surface area contributed by atoms with E-state index >= 15 is 0 Å². The van der Waals surface area contributed by atoms with Crippen molar-refractivity contribution in [2.45, 2.75) is 33.1 Å². The minimum atomic E-state index is -0.112. The first-order chi connectivity index (χ1) is 7.59. The molecular weight excluding hydrogens is 202 g/mol. The van der Waals surface area contributed by atoms with Crippen LogP contribution in [0.2, 0.25) is 0 Å². The molecule has 1 saturated heterocycles. The molecule has 3 nitrogen and oxygen atoms in total. The summed E-state index contributed by atoms with van der Waals surface area (Å²) in [6.45, 7) is 4.18. The van der Waals surface area contributed by atoms with Crippen molar-refractivity contribution in [2.24, 2.45) is 35.5 Å². The lowest BCUT2D eigenvalue weighted by Gasteiger charge is -2.33. The fourth-order valence-corrected chi connectivity index (χ4v) is 4.46. The molecule has 3 rings (SSSR count). The van der Waals surface area contributed by atoms with Crippen LogP contribution in [0.3, 0.4) is 0 Å². The summed E-state index contributed by atoms with van der Waals surface area (Å²) >= 11 is 0. The maximum absolute atomic E-state index is 11.9. The maximum atomic E-state index is 11.9. The molecule has 88 valence electrons. The molecule has 2 saturated carbocycles. The van der Waals surface area contributed by atoms with Crippen LogP contribution in [0.5, 0.6) is 0 Å². The molecule has 6 atom stereocenters. The van der Waals surface area contributed by atoms with Crippen molar-refractivity contribution >= 4 is 11.8 Å². The minimum absolute atomic E-state index is 0.0121. The molecule has 2 bridgehead atoms. The van der Waals surface area contributed by atoms with Crippen LogP contribution in [0, 0.1) is 35.5 Å². The molecule has 1 heterocycles. The van der Waals surface area contributed by atoms with Crippen LogP contribution in [0.1, 0.15) is 33.1 Å². The minimum Gasteiger partial charge on any atom is -0.296 e. The molecule has 0 aromatic carbocycles. The summed E-state index contributed by atoms with van der Waals surface area (Å²) in [6, 6.07) is 0. The molecule has 0 spiro atoms. The van der Waals surface area contributed by atoms with Crippen LogP contribution in [-0.2, 0) is 9.59 Å². The largest absolute Gasteiger partial charge is 0.296 e. The van der Waals surface area contributed by atoms with Gasteiger partial charge in [0.25, 0.3) is 0 Å². The summed E-state index contributed by atoms with van der Waals surface area (Å²) in [4.78, 5) is 23.4. The van der Waals surface area contributed by atoms with Crippen molar-refractivity contribution in [3.8, 4) is 0 Å². The van der Waals surface area contributed by atoms with Crippen molar-refractivity contribution in [1.82, 2.24) is 5.32 Å². The second kappa shape index (κ2) is 3.31. The van der Waals surface area contributed by atoms with Crippen LogP contribution in [0.25, 0.3) is 0 Å². The second-order valence-electron chi connectivity index (χ2n) is 5.94. The molecule has 3 aliphatic rings. The highest BCUT2D eigenvalue weighted by Gasteiger charge is 2.54. The van der Waals surface area contributed by atoms with Gasteiger partial charge in [0.2, 0.25) is 11.8 Å². The van der Waals surface area contributed by atoms with Gasteiger partial charge in [0, 0.05) is 5.92 Å². The number of rotatable bonds is 1. The van der Waals surface area contributed by atoms with Crippen LogP contribution in [0.15, 0.2) is 0 Å². The summed E-state index contributed by atoms with van der Waals surface area (Å²) in [7, 11) is 0. The fraction of sp³-hybridized carbons (Fsp3) is 0.846. The van der Waals surface area contributed by atoms with Gasteiger partial charge >= 0.3 is 0 Å². The van der Waals surface area contributed by atoms with Gasteiger partial charge in [0.05, 0.1) is 5.92 Å². The number of nitrogens with one attached hydrogen (secondary N) is 1. The predicted octanol–water partition coefficient (Wildman–Crippen LogP) is 1.58. The van der Waals surface area contributed by atoms with Gasteiger partial charge in [0.1, 0.15) is 0 Å². The lowest BCUT2D eigenvalue weighted by Crippen LogP contribution is -2.34. The van der Waals surface area contributed by atoms with E-state index in [9.17, 15) is 9.59 Å². The van der Waals surface area contributed by atoms with E-state index in [4.69, 9.17) is 0 Å². The summed E-state index contributed by atoms with van der Waals surface area (Å²) in [5.74, 6) is 2.36. The van der Waals surface area contributed by atoms with Crippen LogP contribution < -0.4 is 5.32 Å². The molecule has 3 fully saturated rings. The van der Waals surface area contributed by atoms with Gasteiger partial charge in [0.15, 0.2) is 0 Å². The average Bonchev–Trinajstić information content (AvgIpc) is 2.86. The number of hydrogen-bond acceptors (Lipinski definition) is 2. The third kappa shape index (κ3) is 1.20. The number of hydrogen-bond donors (Lipinski definition) is 1. The Kier molecular flexibility index (Phi) is 2.13. The summed E-state index contributed by atoms with van der Waals surface area (Å²) in [5.41, 5.74) is 0. The van der Waals surface area contributed by atoms with Gasteiger partial charge in [-0.15, -0.1) is 0 Å². The average molecular weight is 221 g/mol. The van der Waals surface area contributed by atoms with E-state index in [0.717, 1.165) is 5.92 Å². The molecule has 0 aromatic heterocycles. The van der Waals surface area contributed by atoms with E-state index in [-0.39, 0.29) is 23.7 Å². The van der Waals surface area contributed by atoms with E-state index in [1.165, 1.54) is 19.3 Å².